The lowest BCUT2D eigenvalue weighted by Crippen LogP contribution is -2.30. The maximum atomic E-state index is 13.9. The largest absolute Gasteiger partial charge is 0.496 e. The van der Waals surface area contributed by atoms with Gasteiger partial charge in [0.2, 0.25) is 0 Å². The quantitative estimate of drug-likeness (QED) is 0.626. The Bertz CT molecular complexity index is 388. The standard InChI is InChI=1S/C14H23FN2O/c1-14(2,3)9-8-11(17-16)13-10(15)6-5-7-12(13)18-4/h5-7,11,17H,8-9,16H2,1-4H3. The van der Waals surface area contributed by atoms with Crippen molar-refractivity contribution in [2.45, 2.75) is 39.7 Å². The topological polar surface area (TPSA) is 47.3 Å². The van der Waals surface area contributed by atoms with Gasteiger partial charge in [-0.15, -0.1) is 0 Å². The second-order valence-corrected chi connectivity index (χ2v) is 5.67. The zero-order valence-corrected chi connectivity index (χ0v) is 11.6. The molecule has 0 fully saturated rings. The van der Waals surface area contributed by atoms with Gasteiger partial charge in [-0.05, 0) is 30.4 Å². The van der Waals surface area contributed by atoms with E-state index >= 15 is 0 Å². The Balaban J connectivity index is 2.94. The van der Waals surface area contributed by atoms with Crippen LogP contribution in [0.3, 0.4) is 0 Å². The van der Waals surface area contributed by atoms with Crippen LogP contribution in [0.5, 0.6) is 5.75 Å². The highest BCUT2D eigenvalue weighted by Gasteiger charge is 2.21. The fraction of sp³-hybridized carbons (Fsp3) is 0.571. The van der Waals surface area contributed by atoms with Gasteiger partial charge < -0.3 is 4.74 Å². The summed E-state index contributed by atoms with van der Waals surface area (Å²) in [6, 6.07) is 4.58. The molecule has 18 heavy (non-hydrogen) atoms. The summed E-state index contributed by atoms with van der Waals surface area (Å²) in [7, 11) is 1.54. The van der Waals surface area contributed by atoms with E-state index in [1.807, 2.05) is 0 Å². The first-order valence-corrected chi connectivity index (χ1v) is 6.17. The third-order valence-electron chi connectivity index (χ3n) is 2.97. The van der Waals surface area contributed by atoms with Gasteiger partial charge in [0.15, 0.2) is 0 Å². The highest BCUT2D eigenvalue weighted by Crippen LogP contribution is 2.33. The zero-order chi connectivity index (χ0) is 13.8. The van der Waals surface area contributed by atoms with Crippen molar-refractivity contribution in [1.82, 2.24) is 5.43 Å². The smallest absolute Gasteiger partial charge is 0.131 e. The summed E-state index contributed by atoms with van der Waals surface area (Å²) in [5.41, 5.74) is 3.38. The van der Waals surface area contributed by atoms with Crippen LogP contribution >= 0.6 is 0 Å². The molecule has 0 aliphatic carbocycles. The maximum Gasteiger partial charge on any atom is 0.131 e. The van der Waals surface area contributed by atoms with Crippen molar-refractivity contribution in [3.8, 4) is 5.75 Å². The predicted molar refractivity (Wildman–Crippen MR) is 71.7 cm³/mol. The molecule has 1 aromatic carbocycles. The van der Waals surface area contributed by atoms with E-state index < -0.39 is 0 Å². The van der Waals surface area contributed by atoms with Crippen molar-refractivity contribution in [2.75, 3.05) is 7.11 Å². The van der Waals surface area contributed by atoms with Crippen molar-refractivity contribution in [1.29, 1.82) is 0 Å². The van der Waals surface area contributed by atoms with Gasteiger partial charge in [0.1, 0.15) is 11.6 Å². The fourth-order valence-electron chi connectivity index (χ4n) is 1.92. The Hall–Kier alpha value is -1.13. The van der Waals surface area contributed by atoms with Crippen molar-refractivity contribution in [3.05, 3.63) is 29.6 Å². The Morgan fingerprint density at radius 2 is 2.06 bits per heavy atom. The molecular formula is C14H23FN2O. The predicted octanol–water partition coefficient (Wildman–Crippen LogP) is 3.17. The van der Waals surface area contributed by atoms with E-state index in [1.54, 1.807) is 12.1 Å². The van der Waals surface area contributed by atoms with Crippen LogP contribution in [-0.2, 0) is 0 Å². The molecule has 1 atom stereocenters. The molecule has 3 nitrogen and oxygen atoms in total. The third-order valence-corrected chi connectivity index (χ3v) is 2.97. The molecule has 1 rings (SSSR count). The van der Waals surface area contributed by atoms with Gasteiger partial charge in [0, 0.05) is 5.56 Å². The molecule has 0 bridgehead atoms. The van der Waals surface area contributed by atoms with Crippen LogP contribution in [0.1, 0.15) is 45.2 Å². The molecular weight excluding hydrogens is 231 g/mol. The molecule has 0 heterocycles. The van der Waals surface area contributed by atoms with E-state index in [0.29, 0.717) is 11.3 Å². The first-order valence-electron chi connectivity index (χ1n) is 6.17. The van der Waals surface area contributed by atoms with Crippen LogP contribution < -0.4 is 16.0 Å². The first kappa shape index (κ1) is 14.9. The van der Waals surface area contributed by atoms with E-state index in [9.17, 15) is 4.39 Å². The molecule has 1 aromatic rings. The second kappa shape index (κ2) is 6.16. The lowest BCUT2D eigenvalue weighted by molar-refractivity contribution is 0.322. The average Bonchev–Trinajstić information content (AvgIpc) is 2.30. The molecule has 3 N–H and O–H groups in total. The van der Waals surface area contributed by atoms with Crippen LogP contribution in [0.25, 0.3) is 0 Å². The summed E-state index contributed by atoms with van der Waals surface area (Å²) in [5.74, 6) is 5.80. The number of methoxy groups -OCH3 is 1. The van der Waals surface area contributed by atoms with E-state index in [1.165, 1.54) is 13.2 Å². The van der Waals surface area contributed by atoms with Gasteiger partial charge in [0.05, 0.1) is 13.2 Å². The van der Waals surface area contributed by atoms with Crippen LogP contribution in [-0.4, -0.2) is 7.11 Å². The van der Waals surface area contributed by atoms with Crippen LogP contribution in [0.4, 0.5) is 4.39 Å². The van der Waals surface area contributed by atoms with Crippen molar-refractivity contribution < 1.29 is 9.13 Å². The number of hydrogen-bond donors (Lipinski definition) is 2. The molecule has 0 aliphatic heterocycles. The molecule has 0 spiro atoms. The summed E-state index contributed by atoms with van der Waals surface area (Å²) >= 11 is 0. The van der Waals surface area contributed by atoms with E-state index in [0.717, 1.165) is 12.8 Å². The first-order chi connectivity index (χ1) is 8.39. The number of benzene rings is 1. The molecule has 1 unspecified atom stereocenters. The molecule has 0 amide bonds. The number of rotatable bonds is 5. The Morgan fingerprint density at radius 3 is 2.56 bits per heavy atom. The van der Waals surface area contributed by atoms with Gasteiger partial charge in [-0.3, -0.25) is 11.3 Å². The zero-order valence-electron chi connectivity index (χ0n) is 11.6. The van der Waals surface area contributed by atoms with Gasteiger partial charge in [0.25, 0.3) is 0 Å². The average molecular weight is 254 g/mol. The van der Waals surface area contributed by atoms with Crippen molar-refractivity contribution in [2.24, 2.45) is 11.3 Å². The van der Waals surface area contributed by atoms with E-state index in [4.69, 9.17) is 10.6 Å². The molecule has 0 saturated carbocycles. The minimum absolute atomic E-state index is 0.188. The maximum absolute atomic E-state index is 13.9. The molecule has 102 valence electrons. The molecule has 4 heteroatoms. The summed E-state index contributed by atoms with van der Waals surface area (Å²) in [6.45, 7) is 6.46. The molecule has 0 saturated heterocycles. The minimum atomic E-state index is -0.286. The summed E-state index contributed by atoms with van der Waals surface area (Å²) in [5, 5.41) is 0. The monoisotopic (exact) mass is 254 g/mol. The number of halogens is 1. The fourth-order valence-corrected chi connectivity index (χ4v) is 1.92. The van der Waals surface area contributed by atoms with Crippen LogP contribution in [0, 0.1) is 11.2 Å². The SMILES string of the molecule is COc1cccc(F)c1C(CCC(C)(C)C)NN. The van der Waals surface area contributed by atoms with Gasteiger partial charge in [-0.1, -0.05) is 26.8 Å². The molecule has 0 aromatic heterocycles. The number of nitrogens with one attached hydrogen (secondary N) is 1. The third kappa shape index (κ3) is 3.96. The summed E-state index contributed by atoms with van der Waals surface area (Å²) < 4.78 is 19.1. The Kier molecular flexibility index (Phi) is 5.11. The summed E-state index contributed by atoms with van der Waals surface area (Å²) in [6.07, 6.45) is 1.71. The number of hydrazine groups is 1. The minimum Gasteiger partial charge on any atom is -0.496 e. The highest BCUT2D eigenvalue weighted by molar-refractivity contribution is 5.37. The van der Waals surface area contributed by atoms with E-state index in [-0.39, 0.29) is 17.3 Å². The van der Waals surface area contributed by atoms with Crippen molar-refractivity contribution >= 4 is 0 Å². The van der Waals surface area contributed by atoms with Gasteiger partial charge >= 0.3 is 0 Å². The molecule has 0 aliphatic rings. The highest BCUT2D eigenvalue weighted by atomic mass is 19.1. The Labute approximate surface area is 108 Å². The molecule has 0 radical (unpaired) electrons. The lowest BCUT2D eigenvalue weighted by atomic mass is 9.87. The number of nitrogens with two attached hydrogens (primary N) is 1. The lowest BCUT2D eigenvalue weighted by Gasteiger charge is -2.24. The van der Waals surface area contributed by atoms with Crippen LogP contribution in [0.15, 0.2) is 18.2 Å². The van der Waals surface area contributed by atoms with Gasteiger partial charge in [-0.2, -0.15) is 0 Å². The second-order valence-electron chi connectivity index (χ2n) is 5.67. The van der Waals surface area contributed by atoms with Crippen molar-refractivity contribution in [3.63, 3.8) is 0 Å². The Morgan fingerprint density at radius 1 is 1.39 bits per heavy atom. The summed E-state index contributed by atoms with van der Waals surface area (Å²) in [4.78, 5) is 0. The van der Waals surface area contributed by atoms with Crippen LogP contribution in [0.2, 0.25) is 0 Å². The number of ether oxygens (including phenoxy) is 1. The van der Waals surface area contributed by atoms with E-state index in [2.05, 4.69) is 26.2 Å². The number of hydrogen-bond acceptors (Lipinski definition) is 3. The van der Waals surface area contributed by atoms with Gasteiger partial charge in [-0.25, -0.2) is 4.39 Å². The normalized spacial score (nSPS) is 13.4.